The number of halogens is 1. The Bertz CT molecular complexity index is 857. The summed E-state index contributed by atoms with van der Waals surface area (Å²) in [5.41, 5.74) is 1.66. The third kappa shape index (κ3) is 4.49. The van der Waals surface area contributed by atoms with Crippen molar-refractivity contribution in [3.63, 3.8) is 0 Å². The van der Waals surface area contributed by atoms with Gasteiger partial charge in [0.05, 0.1) is 12.6 Å². The first-order chi connectivity index (χ1) is 12.5. The van der Waals surface area contributed by atoms with Crippen LogP contribution in [0.4, 0.5) is 4.39 Å². The van der Waals surface area contributed by atoms with Gasteiger partial charge in [-0.1, -0.05) is 37.3 Å². The van der Waals surface area contributed by atoms with Crippen molar-refractivity contribution in [1.82, 2.24) is 10.2 Å². The van der Waals surface area contributed by atoms with Crippen molar-refractivity contribution in [2.45, 2.75) is 26.4 Å². The van der Waals surface area contributed by atoms with E-state index in [-0.39, 0.29) is 24.3 Å². The van der Waals surface area contributed by atoms with Gasteiger partial charge in [-0.05, 0) is 43.3 Å². The minimum atomic E-state index is -0.262. The highest BCUT2D eigenvalue weighted by Gasteiger charge is 2.16. The highest BCUT2D eigenvalue weighted by Crippen LogP contribution is 2.23. The van der Waals surface area contributed by atoms with Gasteiger partial charge in [0.15, 0.2) is 0 Å². The molecule has 0 saturated heterocycles. The van der Waals surface area contributed by atoms with E-state index < -0.39 is 0 Å². The van der Waals surface area contributed by atoms with Gasteiger partial charge in [0.2, 0.25) is 5.91 Å². The van der Waals surface area contributed by atoms with Crippen LogP contribution in [0.2, 0.25) is 0 Å². The Balaban J connectivity index is 1.59. The van der Waals surface area contributed by atoms with Crippen LogP contribution in [0.1, 0.15) is 31.2 Å². The van der Waals surface area contributed by atoms with E-state index in [1.807, 2.05) is 55.1 Å². The van der Waals surface area contributed by atoms with Gasteiger partial charge in [-0.3, -0.25) is 9.69 Å². The van der Waals surface area contributed by atoms with Crippen molar-refractivity contribution in [3.05, 3.63) is 71.7 Å². The normalized spacial score (nSPS) is 12.5. The second-order valence-corrected chi connectivity index (χ2v) is 6.41. The molecular formula is C21H23FN2O2. The SMILES string of the molecule is CCN(CC(=O)NC(C)c1cc2ccccc2o1)Cc1cccc(F)c1. The monoisotopic (exact) mass is 354 g/mol. The highest BCUT2D eigenvalue weighted by atomic mass is 19.1. The number of likely N-dealkylation sites (N-methyl/N-ethyl adjacent to an activating group) is 1. The van der Waals surface area contributed by atoms with Crippen LogP contribution in [0.3, 0.4) is 0 Å². The Labute approximate surface area is 152 Å². The van der Waals surface area contributed by atoms with Crippen LogP contribution in [0.5, 0.6) is 0 Å². The predicted octanol–water partition coefficient (Wildman–Crippen LogP) is 4.27. The number of carbonyl (C=O) groups is 1. The van der Waals surface area contributed by atoms with E-state index in [9.17, 15) is 9.18 Å². The van der Waals surface area contributed by atoms with Crippen molar-refractivity contribution < 1.29 is 13.6 Å². The maximum atomic E-state index is 13.3. The van der Waals surface area contributed by atoms with E-state index >= 15 is 0 Å². The Morgan fingerprint density at radius 2 is 2.00 bits per heavy atom. The summed E-state index contributed by atoms with van der Waals surface area (Å²) in [5.74, 6) is 0.380. The van der Waals surface area contributed by atoms with Crippen LogP contribution in [0.15, 0.2) is 59.0 Å². The van der Waals surface area contributed by atoms with E-state index in [0.29, 0.717) is 13.1 Å². The van der Waals surface area contributed by atoms with Crippen molar-refractivity contribution in [2.75, 3.05) is 13.1 Å². The molecule has 4 nitrogen and oxygen atoms in total. The molecule has 0 aliphatic carbocycles. The number of amides is 1. The summed E-state index contributed by atoms with van der Waals surface area (Å²) in [6.07, 6.45) is 0. The Hall–Kier alpha value is -2.66. The summed E-state index contributed by atoms with van der Waals surface area (Å²) in [4.78, 5) is 14.4. The maximum Gasteiger partial charge on any atom is 0.234 e. The molecule has 1 unspecified atom stereocenters. The molecule has 26 heavy (non-hydrogen) atoms. The first-order valence-corrected chi connectivity index (χ1v) is 8.80. The zero-order valence-electron chi connectivity index (χ0n) is 15.0. The molecule has 3 rings (SSSR count). The van der Waals surface area contributed by atoms with Crippen LogP contribution in [0.25, 0.3) is 11.0 Å². The second-order valence-electron chi connectivity index (χ2n) is 6.41. The van der Waals surface area contributed by atoms with Crippen LogP contribution < -0.4 is 5.32 Å². The van der Waals surface area contributed by atoms with E-state index in [0.717, 1.165) is 22.3 Å². The molecule has 2 aromatic carbocycles. The Kier molecular flexibility index (Phi) is 5.68. The van der Waals surface area contributed by atoms with Crippen LogP contribution >= 0.6 is 0 Å². The topological polar surface area (TPSA) is 45.5 Å². The summed E-state index contributed by atoms with van der Waals surface area (Å²) < 4.78 is 19.1. The number of nitrogens with one attached hydrogen (secondary N) is 1. The van der Waals surface area contributed by atoms with E-state index in [1.54, 1.807) is 6.07 Å². The lowest BCUT2D eigenvalue weighted by Gasteiger charge is -2.21. The van der Waals surface area contributed by atoms with Crippen molar-refractivity contribution in [3.8, 4) is 0 Å². The second kappa shape index (κ2) is 8.15. The molecule has 1 heterocycles. The average molecular weight is 354 g/mol. The average Bonchev–Trinajstić information content (AvgIpc) is 3.05. The van der Waals surface area contributed by atoms with Crippen molar-refractivity contribution in [2.24, 2.45) is 0 Å². The lowest BCUT2D eigenvalue weighted by atomic mass is 10.2. The highest BCUT2D eigenvalue weighted by molar-refractivity contribution is 5.80. The van der Waals surface area contributed by atoms with Gasteiger partial charge in [0.25, 0.3) is 0 Å². The molecule has 1 amide bonds. The molecule has 5 heteroatoms. The summed E-state index contributed by atoms with van der Waals surface area (Å²) >= 11 is 0. The number of hydrogen-bond acceptors (Lipinski definition) is 3. The van der Waals surface area contributed by atoms with Crippen LogP contribution in [-0.4, -0.2) is 23.9 Å². The molecule has 0 spiro atoms. The minimum Gasteiger partial charge on any atom is -0.459 e. The lowest BCUT2D eigenvalue weighted by Crippen LogP contribution is -2.37. The molecule has 1 N–H and O–H groups in total. The molecule has 0 aliphatic heterocycles. The fraction of sp³-hybridized carbons (Fsp3) is 0.286. The molecule has 0 fully saturated rings. The lowest BCUT2D eigenvalue weighted by molar-refractivity contribution is -0.123. The van der Waals surface area contributed by atoms with Gasteiger partial charge in [-0.15, -0.1) is 0 Å². The van der Waals surface area contributed by atoms with Gasteiger partial charge < -0.3 is 9.73 Å². The van der Waals surface area contributed by atoms with Gasteiger partial charge in [-0.25, -0.2) is 4.39 Å². The zero-order chi connectivity index (χ0) is 18.5. The van der Waals surface area contributed by atoms with Gasteiger partial charge in [-0.2, -0.15) is 0 Å². The number of nitrogens with zero attached hydrogens (tertiary/aromatic N) is 1. The summed E-state index contributed by atoms with van der Waals surface area (Å²) in [6.45, 7) is 5.36. The van der Waals surface area contributed by atoms with E-state index in [2.05, 4.69) is 5.32 Å². The number of carbonyl (C=O) groups excluding carboxylic acids is 1. The predicted molar refractivity (Wildman–Crippen MR) is 100 cm³/mol. The molecule has 0 radical (unpaired) electrons. The molecule has 3 aromatic rings. The van der Waals surface area contributed by atoms with Gasteiger partial charge in [0.1, 0.15) is 17.2 Å². The van der Waals surface area contributed by atoms with Crippen LogP contribution in [0, 0.1) is 5.82 Å². The third-order valence-corrected chi connectivity index (χ3v) is 4.36. The number of furan rings is 1. The first-order valence-electron chi connectivity index (χ1n) is 8.80. The van der Waals surface area contributed by atoms with Crippen molar-refractivity contribution >= 4 is 16.9 Å². The Morgan fingerprint density at radius 3 is 2.73 bits per heavy atom. The largest absolute Gasteiger partial charge is 0.459 e. The van der Waals surface area contributed by atoms with Crippen LogP contribution in [-0.2, 0) is 11.3 Å². The van der Waals surface area contributed by atoms with Gasteiger partial charge >= 0.3 is 0 Å². The number of para-hydroxylation sites is 1. The third-order valence-electron chi connectivity index (χ3n) is 4.36. The molecular weight excluding hydrogens is 331 g/mol. The Morgan fingerprint density at radius 1 is 1.19 bits per heavy atom. The molecule has 1 atom stereocenters. The maximum absolute atomic E-state index is 13.3. The smallest absolute Gasteiger partial charge is 0.234 e. The number of hydrogen-bond donors (Lipinski definition) is 1. The zero-order valence-corrected chi connectivity index (χ0v) is 15.0. The molecule has 136 valence electrons. The van der Waals surface area contributed by atoms with Gasteiger partial charge in [0, 0.05) is 11.9 Å². The quantitative estimate of drug-likeness (QED) is 0.689. The summed E-state index contributed by atoms with van der Waals surface area (Å²) in [5, 5.41) is 3.99. The number of rotatable bonds is 7. The molecule has 0 bridgehead atoms. The summed E-state index contributed by atoms with van der Waals surface area (Å²) in [6, 6.07) is 16.0. The fourth-order valence-corrected chi connectivity index (χ4v) is 2.95. The van der Waals surface area contributed by atoms with Crippen molar-refractivity contribution in [1.29, 1.82) is 0 Å². The molecule has 1 aromatic heterocycles. The standard InChI is InChI=1S/C21H23FN2O2/c1-3-24(13-16-7-6-9-18(22)11-16)14-21(25)23-15(2)20-12-17-8-4-5-10-19(17)26-20/h4-12,15H,3,13-14H2,1-2H3,(H,23,25). The fourth-order valence-electron chi connectivity index (χ4n) is 2.95. The summed E-state index contributed by atoms with van der Waals surface area (Å²) in [7, 11) is 0. The number of benzene rings is 2. The molecule has 0 saturated carbocycles. The number of fused-ring (bicyclic) bond motifs is 1. The van der Waals surface area contributed by atoms with E-state index in [1.165, 1.54) is 12.1 Å². The minimum absolute atomic E-state index is 0.0868. The van der Waals surface area contributed by atoms with E-state index in [4.69, 9.17) is 4.42 Å². The molecule has 0 aliphatic rings. The first kappa shape index (κ1) is 18.1.